The van der Waals surface area contributed by atoms with Crippen LogP contribution in [0.2, 0.25) is 0 Å². The molecule has 1 rings (SSSR count). The maximum atomic E-state index is 11.6. The Morgan fingerprint density at radius 1 is 1.56 bits per heavy atom. The lowest BCUT2D eigenvalue weighted by atomic mass is 10.1. The molecule has 0 radical (unpaired) electrons. The van der Waals surface area contributed by atoms with E-state index in [4.69, 9.17) is 5.73 Å². The van der Waals surface area contributed by atoms with Crippen molar-refractivity contribution >= 4 is 17.2 Å². The summed E-state index contributed by atoms with van der Waals surface area (Å²) < 4.78 is 0. The zero-order valence-corrected chi connectivity index (χ0v) is 10.7. The largest absolute Gasteiger partial charge is 0.349 e. The predicted octanol–water partition coefficient (Wildman–Crippen LogP) is 2.44. The fourth-order valence-corrected chi connectivity index (χ4v) is 2.24. The summed E-state index contributed by atoms with van der Waals surface area (Å²) in [5, 5.41) is 5.01. The van der Waals surface area contributed by atoms with E-state index in [2.05, 4.69) is 5.32 Å². The van der Waals surface area contributed by atoms with Crippen LogP contribution in [0.4, 0.5) is 0 Å². The number of hydrogen-bond donors (Lipinski definition) is 2. The molecule has 4 heteroatoms. The van der Waals surface area contributed by atoms with Crippen molar-refractivity contribution in [2.24, 2.45) is 5.73 Å². The van der Waals surface area contributed by atoms with Crippen molar-refractivity contribution in [3.8, 4) is 0 Å². The zero-order chi connectivity index (χ0) is 12.0. The summed E-state index contributed by atoms with van der Waals surface area (Å²) in [6, 6.07) is 4.33. The average molecular weight is 240 g/mol. The molecule has 0 saturated carbocycles. The summed E-state index contributed by atoms with van der Waals surface area (Å²) in [4.78, 5) is 12.8. The molecule has 2 unspecified atom stereocenters. The van der Waals surface area contributed by atoms with Gasteiger partial charge >= 0.3 is 0 Å². The van der Waals surface area contributed by atoms with Crippen LogP contribution in [-0.2, 0) is 4.79 Å². The second kappa shape index (κ2) is 6.66. The van der Waals surface area contributed by atoms with E-state index in [0.29, 0.717) is 6.42 Å². The molecular weight excluding hydrogens is 220 g/mol. The molecule has 3 N–H and O–H groups in total. The number of nitrogens with one attached hydrogen (secondary N) is 1. The molecule has 1 aromatic rings. The van der Waals surface area contributed by atoms with Crippen LogP contribution in [0.15, 0.2) is 17.5 Å². The Kier molecular flexibility index (Phi) is 5.49. The van der Waals surface area contributed by atoms with E-state index in [0.717, 1.165) is 12.8 Å². The number of amides is 1. The Balaban J connectivity index is 2.24. The van der Waals surface area contributed by atoms with Crippen molar-refractivity contribution in [1.29, 1.82) is 0 Å². The van der Waals surface area contributed by atoms with Gasteiger partial charge in [0.25, 0.3) is 0 Å². The molecule has 0 aliphatic rings. The van der Waals surface area contributed by atoms with E-state index >= 15 is 0 Å². The van der Waals surface area contributed by atoms with Gasteiger partial charge in [0, 0.05) is 17.3 Å². The summed E-state index contributed by atoms with van der Waals surface area (Å²) in [5.41, 5.74) is 5.63. The molecule has 0 aliphatic heterocycles. The van der Waals surface area contributed by atoms with Gasteiger partial charge in [-0.25, -0.2) is 0 Å². The summed E-state index contributed by atoms with van der Waals surface area (Å²) >= 11 is 1.67. The molecular formula is C12H20N2OS. The first-order chi connectivity index (χ1) is 7.59. The Labute approximate surface area is 101 Å². The van der Waals surface area contributed by atoms with Crippen LogP contribution < -0.4 is 11.1 Å². The fraction of sp³-hybridized carbons (Fsp3) is 0.583. The number of rotatable bonds is 6. The lowest BCUT2D eigenvalue weighted by Gasteiger charge is -2.12. The number of carbonyl (C=O) groups excluding carboxylic acids is 1. The second-order valence-corrected chi connectivity index (χ2v) is 5.15. The molecule has 0 bridgehead atoms. The number of nitrogens with two attached hydrogens (primary N) is 1. The molecule has 1 heterocycles. The van der Waals surface area contributed by atoms with Gasteiger partial charge in [0.05, 0.1) is 6.04 Å². The molecule has 3 nitrogen and oxygen atoms in total. The Bertz CT molecular complexity index is 309. The van der Waals surface area contributed by atoms with Gasteiger partial charge in [0.1, 0.15) is 0 Å². The van der Waals surface area contributed by atoms with Crippen LogP contribution >= 0.6 is 11.3 Å². The van der Waals surface area contributed by atoms with E-state index in [1.54, 1.807) is 11.3 Å². The molecule has 0 fully saturated rings. The van der Waals surface area contributed by atoms with Crippen molar-refractivity contribution in [3.05, 3.63) is 22.4 Å². The smallest absolute Gasteiger partial charge is 0.220 e. The number of thiophene rings is 1. The predicted molar refractivity (Wildman–Crippen MR) is 68.4 cm³/mol. The van der Waals surface area contributed by atoms with Gasteiger partial charge < -0.3 is 11.1 Å². The average Bonchev–Trinajstić information content (AvgIpc) is 2.69. The highest BCUT2D eigenvalue weighted by molar-refractivity contribution is 7.10. The van der Waals surface area contributed by atoms with Gasteiger partial charge in [-0.15, -0.1) is 11.3 Å². The van der Waals surface area contributed by atoms with Crippen molar-refractivity contribution in [2.75, 3.05) is 0 Å². The second-order valence-electron chi connectivity index (χ2n) is 4.17. The molecule has 0 spiro atoms. The minimum Gasteiger partial charge on any atom is -0.349 e. The van der Waals surface area contributed by atoms with Crippen molar-refractivity contribution < 1.29 is 4.79 Å². The lowest BCUT2D eigenvalue weighted by molar-refractivity contribution is -0.121. The van der Waals surface area contributed by atoms with E-state index in [1.165, 1.54) is 4.88 Å². The first-order valence-electron chi connectivity index (χ1n) is 5.68. The third kappa shape index (κ3) is 4.77. The third-order valence-corrected chi connectivity index (χ3v) is 3.47. The maximum absolute atomic E-state index is 11.6. The highest BCUT2D eigenvalue weighted by Crippen LogP contribution is 2.18. The Morgan fingerprint density at radius 3 is 2.88 bits per heavy atom. The summed E-state index contributed by atoms with van der Waals surface area (Å²) in [5.74, 6) is 0.113. The van der Waals surface area contributed by atoms with E-state index in [-0.39, 0.29) is 18.0 Å². The first kappa shape index (κ1) is 13.2. The van der Waals surface area contributed by atoms with E-state index in [1.807, 2.05) is 31.4 Å². The van der Waals surface area contributed by atoms with Gasteiger partial charge in [-0.05, 0) is 38.1 Å². The van der Waals surface area contributed by atoms with Gasteiger partial charge in [0.15, 0.2) is 0 Å². The highest BCUT2D eigenvalue weighted by Gasteiger charge is 2.09. The molecule has 0 aliphatic carbocycles. The van der Waals surface area contributed by atoms with Crippen molar-refractivity contribution in [3.63, 3.8) is 0 Å². The van der Waals surface area contributed by atoms with Gasteiger partial charge in [-0.2, -0.15) is 0 Å². The van der Waals surface area contributed by atoms with Crippen LogP contribution in [0.3, 0.4) is 0 Å². The number of hydrogen-bond acceptors (Lipinski definition) is 3. The van der Waals surface area contributed by atoms with Gasteiger partial charge in [0.2, 0.25) is 5.91 Å². The fourth-order valence-electron chi connectivity index (χ4n) is 1.51. The number of carbonyl (C=O) groups is 1. The minimum atomic E-state index is 0.113. The normalized spacial score (nSPS) is 14.4. The van der Waals surface area contributed by atoms with Crippen LogP contribution in [0.5, 0.6) is 0 Å². The molecule has 1 aromatic heterocycles. The third-order valence-electron chi connectivity index (χ3n) is 2.41. The van der Waals surface area contributed by atoms with Crippen LogP contribution in [0, 0.1) is 0 Å². The van der Waals surface area contributed by atoms with Crippen molar-refractivity contribution in [1.82, 2.24) is 5.32 Å². The first-order valence-corrected chi connectivity index (χ1v) is 6.56. The standard InChI is InChI=1S/C12H20N2OS/c1-9(13)5-3-7-12(15)14-10(2)11-6-4-8-16-11/h4,6,8-10H,3,5,7,13H2,1-2H3,(H,14,15). The highest BCUT2D eigenvalue weighted by atomic mass is 32.1. The van der Waals surface area contributed by atoms with Crippen molar-refractivity contribution in [2.45, 2.75) is 45.2 Å². The molecule has 16 heavy (non-hydrogen) atoms. The van der Waals surface area contributed by atoms with Crippen LogP contribution in [0.25, 0.3) is 0 Å². The lowest BCUT2D eigenvalue weighted by Crippen LogP contribution is -2.26. The van der Waals surface area contributed by atoms with E-state index < -0.39 is 0 Å². The molecule has 0 saturated heterocycles. The monoisotopic (exact) mass is 240 g/mol. The summed E-state index contributed by atoms with van der Waals surface area (Å²) in [7, 11) is 0. The molecule has 90 valence electrons. The van der Waals surface area contributed by atoms with E-state index in [9.17, 15) is 4.79 Å². The zero-order valence-electron chi connectivity index (χ0n) is 9.90. The SMILES string of the molecule is CC(N)CCCC(=O)NC(C)c1cccs1. The summed E-state index contributed by atoms with van der Waals surface area (Å²) in [6.45, 7) is 3.97. The van der Waals surface area contributed by atoms with Crippen LogP contribution in [-0.4, -0.2) is 11.9 Å². The van der Waals surface area contributed by atoms with Crippen LogP contribution in [0.1, 0.15) is 44.0 Å². The Morgan fingerprint density at radius 2 is 2.31 bits per heavy atom. The maximum Gasteiger partial charge on any atom is 0.220 e. The van der Waals surface area contributed by atoms with Gasteiger partial charge in [-0.1, -0.05) is 6.07 Å². The Hall–Kier alpha value is -0.870. The molecule has 2 atom stereocenters. The van der Waals surface area contributed by atoms with Gasteiger partial charge in [-0.3, -0.25) is 4.79 Å². The molecule has 1 amide bonds. The summed E-state index contributed by atoms with van der Waals surface area (Å²) in [6.07, 6.45) is 2.33. The minimum absolute atomic E-state index is 0.113. The topological polar surface area (TPSA) is 55.1 Å². The quantitative estimate of drug-likeness (QED) is 0.802. The molecule has 0 aromatic carbocycles.